The maximum absolute atomic E-state index is 15.1. The number of halogens is 2. The first kappa shape index (κ1) is 24.6. The quantitative estimate of drug-likeness (QED) is 0.369. The maximum Gasteiger partial charge on any atom is 0.355 e. The lowest BCUT2D eigenvalue weighted by atomic mass is 10.0. The van der Waals surface area contributed by atoms with Gasteiger partial charge in [-0.25, -0.2) is 18.7 Å². The normalized spacial score (nSPS) is 16.9. The molecule has 0 unspecified atom stereocenters. The van der Waals surface area contributed by atoms with E-state index < -0.39 is 11.5 Å². The van der Waals surface area contributed by atoms with Crippen LogP contribution in [0, 0.1) is 12.7 Å². The van der Waals surface area contributed by atoms with E-state index in [1.165, 1.54) is 16.7 Å². The molecule has 2 aliphatic rings. The summed E-state index contributed by atoms with van der Waals surface area (Å²) in [5, 5.41) is 10.7. The van der Waals surface area contributed by atoms with Gasteiger partial charge in [-0.05, 0) is 61.9 Å². The van der Waals surface area contributed by atoms with Crippen molar-refractivity contribution in [1.82, 2.24) is 19.5 Å². The summed E-state index contributed by atoms with van der Waals surface area (Å²) in [5.74, 6) is 0.0236. The molecule has 1 N–H and O–H groups in total. The molecule has 1 saturated heterocycles. The molecule has 0 saturated carbocycles. The van der Waals surface area contributed by atoms with E-state index in [1.807, 2.05) is 26.8 Å². The summed E-state index contributed by atoms with van der Waals surface area (Å²) >= 11 is 6.89. The van der Waals surface area contributed by atoms with E-state index in [-0.39, 0.29) is 39.6 Å². The molecule has 10 heteroatoms. The van der Waals surface area contributed by atoms with Gasteiger partial charge in [-0.15, -0.1) is 0 Å². The van der Waals surface area contributed by atoms with Gasteiger partial charge in [0, 0.05) is 18.3 Å². The number of piperidine rings is 1. The van der Waals surface area contributed by atoms with Crippen molar-refractivity contribution < 1.29 is 14.2 Å². The number of ether oxygens (including phenoxy) is 1. The van der Waals surface area contributed by atoms with Crippen molar-refractivity contribution in [3.05, 3.63) is 63.0 Å². The first-order chi connectivity index (χ1) is 18.3. The van der Waals surface area contributed by atoms with E-state index in [4.69, 9.17) is 21.3 Å². The zero-order chi connectivity index (χ0) is 26.7. The Kier molecular flexibility index (Phi) is 5.98. The Labute approximate surface area is 223 Å². The lowest BCUT2D eigenvalue weighted by molar-refractivity contribution is 0.267. The third-order valence-electron chi connectivity index (χ3n) is 7.35. The summed E-state index contributed by atoms with van der Waals surface area (Å²) in [7, 11) is 0. The van der Waals surface area contributed by atoms with E-state index in [1.54, 1.807) is 6.20 Å². The van der Waals surface area contributed by atoms with E-state index in [0.29, 0.717) is 34.9 Å². The standard InChI is InChI=1S/C28H27ClFN5O3/c1-14(2)22-24(15(3)9-10-31-22)35-27-20-25(21(29)23(32-27)18-12-17(36)7-8-19(18)30)38-13-16-6-4-5-11-34(16)26(20)33-28(35)37/h7-10,12,14,16,36H,4-6,11,13H2,1-3H3/t16-/m1/s1. The summed E-state index contributed by atoms with van der Waals surface area (Å²) in [6, 6.07) is 5.52. The monoisotopic (exact) mass is 535 g/mol. The number of fused-ring (bicyclic) bond motifs is 2. The number of aryl methyl sites for hydroxylation is 1. The van der Waals surface area contributed by atoms with Crippen molar-refractivity contribution in [2.24, 2.45) is 0 Å². The van der Waals surface area contributed by atoms with Crippen molar-refractivity contribution in [1.29, 1.82) is 0 Å². The molecule has 0 amide bonds. The minimum absolute atomic E-state index is 0.000286. The highest BCUT2D eigenvalue weighted by Crippen LogP contribution is 2.46. The fourth-order valence-electron chi connectivity index (χ4n) is 5.52. The fraction of sp³-hybridized carbons (Fsp3) is 0.357. The first-order valence-electron chi connectivity index (χ1n) is 12.8. The van der Waals surface area contributed by atoms with Crippen LogP contribution in [0.1, 0.15) is 50.3 Å². The Hall–Kier alpha value is -3.72. The molecular weight excluding hydrogens is 509 g/mol. The molecule has 1 aromatic carbocycles. The second-order valence-corrected chi connectivity index (χ2v) is 10.6. The van der Waals surface area contributed by atoms with Crippen LogP contribution in [-0.2, 0) is 0 Å². The summed E-state index contributed by atoms with van der Waals surface area (Å²) in [6.07, 6.45) is 4.60. The van der Waals surface area contributed by atoms with Gasteiger partial charge in [0.1, 0.15) is 34.4 Å². The second-order valence-electron chi connectivity index (χ2n) is 10.2. The van der Waals surface area contributed by atoms with Crippen molar-refractivity contribution in [2.75, 3.05) is 18.1 Å². The number of rotatable bonds is 3. The Morgan fingerprint density at radius 1 is 1.21 bits per heavy atom. The molecule has 1 fully saturated rings. The third-order valence-corrected chi connectivity index (χ3v) is 7.70. The Morgan fingerprint density at radius 2 is 2.03 bits per heavy atom. The smallest absolute Gasteiger partial charge is 0.355 e. The second kappa shape index (κ2) is 9.23. The molecule has 0 radical (unpaired) electrons. The van der Waals surface area contributed by atoms with Crippen molar-refractivity contribution in [3.8, 4) is 28.4 Å². The number of hydrogen-bond donors (Lipinski definition) is 1. The van der Waals surface area contributed by atoms with Crippen LogP contribution in [0.4, 0.5) is 10.2 Å². The van der Waals surface area contributed by atoms with Gasteiger partial charge in [0.15, 0.2) is 11.4 Å². The van der Waals surface area contributed by atoms with E-state index >= 15 is 4.39 Å². The average Bonchev–Trinajstić information content (AvgIpc) is 3.05. The number of anilines is 1. The highest BCUT2D eigenvalue weighted by Gasteiger charge is 2.35. The summed E-state index contributed by atoms with van der Waals surface area (Å²) < 4.78 is 22.8. The number of nitrogens with zero attached hydrogens (tertiary/aromatic N) is 5. The first-order valence-corrected chi connectivity index (χ1v) is 13.1. The number of hydrogen-bond acceptors (Lipinski definition) is 7. The lowest BCUT2D eigenvalue weighted by Gasteiger charge is -2.34. The fourth-order valence-corrected chi connectivity index (χ4v) is 5.81. The molecule has 4 aromatic rings. The maximum atomic E-state index is 15.1. The average molecular weight is 536 g/mol. The Bertz CT molecular complexity index is 1650. The van der Waals surface area contributed by atoms with Crippen LogP contribution in [-0.4, -0.2) is 43.8 Å². The molecule has 196 valence electrons. The van der Waals surface area contributed by atoms with Gasteiger partial charge in [-0.2, -0.15) is 4.98 Å². The predicted octanol–water partition coefficient (Wildman–Crippen LogP) is 5.52. The van der Waals surface area contributed by atoms with Crippen LogP contribution in [0.3, 0.4) is 0 Å². The molecule has 3 aromatic heterocycles. The summed E-state index contributed by atoms with van der Waals surface area (Å²) in [6.45, 7) is 6.96. The minimum atomic E-state index is -0.613. The van der Waals surface area contributed by atoms with Crippen LogP contribution in [0.5, 0.6) is 11.5 Å². The van der Waals surface area contributed by atoms with Gasteiger partial charge < -0.3 is 14.7 Å². The molecular formula is C28H27ClFN5O3. The Morgan fingerprint density at radius 3 is 2.82 bits per heavy atom. The van der Waals surface area contributed by atoms with Crippen molar-refractivity contribution in [2.45, 2.75) is 52.0 Å². The molecule has 0 bridgehead atoms. The highest BCUT2D eigenvalue weighted by atomic mass is 35.5. The highest BCUT2D eigenvalue weighted by molar-refractivity contribution is 6.36. The van der Waals surface area contributed by atoms with E-state index in [2.05, 4.69) is 14.9 Å². The molecule has 0 spiro atoms. The number of benzene rings is 1. The van der Waals surface area contributed by atoms with E-state index in [0.717, 1.165) is 37.4 Å². The number of pyridine rings is 2. The van der Waals surface area contributed by atoms with Crippen LogP contribution >= 0.6 is 11.6 Å². The molecule has 38 heavy (non-hydrogen) atoms. The van der Waals surface area contributed by atoms with Gasteiger partial charge in [0.25, 0.3) is 0 Å². The van der Waals surface area contributed by atoms with Gasteiger partial charge in [-0.1, -0.05) is 25.4 Å². The zero-order valence-electron chi connectivity index (χ0n) is 21.3. The van der Waals surface area contributed by atoms with Gasteiger partial charge >= 0.3 is 5.69 Å². The number of aromatic hydroxyl groups is 1. The van der Waals surface area contributed by atoms with Crippen LogP contribution in [0.2, 0.25) is 5.02 Å². The van der Waals surface area contributed by atoms with Crippen molar-refractivity contribution in [3.63, 3.8) is 0 Å². The largest absolute Gasteiger partial charge is 0.508 e. The van der Waals surface area contributed by atoms with Crippen LogP contribution in [0.25, 0.3) is 28.0 Å². The van der Waals surface area contributed by atoms with Crippen molar-refractivity contribution >= 4 is 28.5 Å². The third kappa shape index (κ3) is 3.79. The van der Waals surface area contributed by atoms with Gasteiger partial charge in [0.05, 0.1) is 23.1 Å². The number of phenols is 1. The molecule has 8 nitrogen and oxygen atoms in total. The van der Waals surface area contributed by atoms with E-state index in [9.17, 15) is 9.90 Å². The predicted molar refractivity (Wildman–Crippen MR) is 144 cm³/mol. The minimum Gasteiger partial charge on any atom is -0.508 e. The summed E-state index contributed by atoms with van der Waals surface area (Å²) in [5.41, 5.74) is 1.91. The van der Waals surface area contributed by atoms with Crippen LogP contribution < -0.4 is 15.3 Å². The number of aromatic nitrogens is 4. The van der Waals surface area contributed by atoms with Gasteiger partial charge in [0.2, 0.25) is 0 Å². The number of phenolic OH excluding ortho intramolecular Hbond substituents is 1. The van der Waals surface area contributed by atoms with Gasteiger partial charge in [-0.3, -0.25) is 4.98 Å². The van der Waals surface area contributed by atoms with Crippen LogP contribution in [0.15, 0.2) is 35.3 Å². The zero-order valence-corrected chi connectivity index (χ0v) is 22.1. The SMILES string of the molecule is Cc1ccnc(C(C)C)c1-n1c(=O)nc2c3c(c(Cl)c(-c4cc(O)ccc4F)nc31)OC[C@H]1CCCCN21. The molecule has 6 rings (SSSR count). The summed E-state index contributed by atoms with van der Waals surface area (Å²) in [4.78, 5) is 30.0. The molecule has 0 aliphatic carbocycles. The molecule has 1 atom stereocenters. The Balaban J connectivity index is 1.79. The lowest BCUT2D eigenvalue weighted by Crippen LogP contribution is -2.43. The topological polar surface area (TPSA) is 93.4 Å². The molecule has 2 aliphatic heterocycles. The molecule has 5 heterocycles.